The van der Waals surface area contributed by atoms with Crippen molar-refractivity contribution in [2.45, 2.75) is 13.0 Å². The number of furan rings is 1. The lowest BCUT2D eigenvalue weighted by atomic mass is 10.1. The van der Waals surface area contributed by atoms with Gasteiger partial charge in [0.2, 0.25) is 0 Å². The quantitative estimate of drug-likeness (QED) is 0.862. The van der Waals surface area contributed by atoms with Gasteiger partial charge in [-0.05, 0) is 30.7 Å². The first-order chi connectivity index (χ1) is 10.1. The second kappa shape index (κ2) is 6.95. The number of carbonyl (C=O) groups is 2. The first-order valence-electron chi connectivity index (χ1n) is 6.37. The van der Waals surface area contributed by atoms with Gasteiger partial charge in [0, 0.05) is 5.02 Å². The first-order valence-corrected chi connectivity index (χ1v) is 6.74. The van der Waals surface area contributed by atoms with Crippen LogP contribution >= 0.6 is 11.6 Å². The Morgan fingerprint density at radius 1 is 1.29 bits per heavy atom. The summed E-state index contributed by atoms with van der Waals surface area (Å²) >= 11 is 5.83. The molecule has 1 N–H and O–H groups in total. The fourth-order valence-electron chi connectivity index (χ4n) is 1.77. The van der Waals surface area contributed by atoms with Crippen molar-refractivity contribution in [1.29, 1.82) is 0 Å². The zero-order valence-electron chi connectivity index (χ0n) is 11.3. The minimum Gasteiger partial charge on any atom is -0.472 e. The maximum absolute atomic E-state index is 12.1. The van der Waals surface area contributed by atoms with Crippen molar-refractivity contribution >= 4 is 23.5 Å². The van der Waals surface area contributed by atoms with Crippen molar-refractivity contribution in [1.82, 2.24) is 5.32 Å². The average Bonchev–Trinajstić information content (AvgIpc) is 3.00. The van der Waals surface area contributed by atoms with E-state index in [-0.39, 0.29) is 6.61 Å². The van der Waals surface area contributed by atoms with E-state index in [1.807, 2.05) is 0 Å². The Hall–Kier alpha value is -2.27. The zero-order valence-corrected chi connectivity index (χ0v) is 12.1. The van der Waals surface area contributed by atoms with Crippen LogP contribution in [0.4, 0.5) is 0 Å². The topological polar surface area (TPSA) is 68.5 Å². The third kappa shape index (κ3) is 3.86. The van der Waals surface area contributed by atoms with Crippen LogP contribution in [0.15, 0.2) is 47.3 Å². The molecule has 1 heterocycles. The van der Waals surface area contributed by atoms with Gasteiger partial charge in [-0.3, -0.25) is 4.79 Å². The minimum atomic E-state index is -0.899. The lowest BCUT2D eigenvalue weighted by molar-refractivity contribution is -0.145. The van der Waals surface area contributed by atoms with E-state index in [0.29, 0.717) is 16.1 Å². The van der Waals surface area contributed by atoms with Crippen molar-refractivity contribution in [2.75, 3.05) is 6.61 Å². The van der Waals surface area contributed by atoms with E-state index in [2.05, 4.69) is 5.32 Å². The van der Waals surface area contributed by atoms with Crippen molar-refractivity contribution < 1.29 is 18.7 Å². The maximum Gasteiger partial charge on any atom is 0.333 e. The summed E-state index contributed by atoms with van der Waals surface area (Å²) in [4.78, 5) is 24.1. The van der Waals surface area contributed by atoms with E-state index in [1.165, 1.54) is 18.6 Å². The van der Waals surface area contributed by atoms with Crippen LogP contribution in [0.2, 0.25) is 5.02 Å². The molecule has 2 rings (SSSR count). The lowest BCUT2D eigenvalue weighted by Gasteiger charge is -2.17. The Morgan fingerprint density at radius 2 is 2.00 bits per heavy atom. The van der Waals surface area contributed by atoms with Gasteiger partial charge in [0.1, 0.15) is 6.26 Å². The third-order valence-corrected chi connectivity index (χ3v) is 3.04. The normalized spacial score (nSPS) is 11.7. The number of amides is 1. The van der Waals surface area contributed by atoms with Crippen LogP contribution in [0.1, 0.15) is 28.9 Å². The molecular weight excluding hydrogens is 294 g/mol. The summed E-state index contributed by atoms with van der Waals surface area (Å²) in [6.45, 7) is 1.93. The van der Waals surface area contributed by atoms with Crippen molar-refractivity contribution in [3.05, 3.63) is 59.0 Å². The summed E-state index contributed by atoms with van der Waals surface area (Å²) < 4.78 is 9.85. The number of benzene rings is 1. The van der Waals surface area contributed by atoms with Crippen LogP contribution in [0, 0.1) is 0 Å². The molecule has 6 heteroatoms. The molecule has 0 radical (unpaired) electrons. The highest BCUT2D eigenvalue weighted by Gasteiger charge is 2.24. The number of hydrogen-bond acceptors (Lipinski definition) is 4. The minimum absolute atomic E-state index is 0.227. The van der Waals surface area contributed by atoms with Gasteiger partial charge in [-0.2, -0.15) is 0 Å². The molecule has 1 amide bonds. The van der Waals surface area contributed by atoms with Gasteiger partial charge >= 0.3 is 5.97 Å². The van der Waals surface area contributed by atoms with Gasteiger partial charge in [0.25, 0.3) is 5.91 Å². The molecule has 0 aliphatic rings. The summed E-state index contributed by atoms with van der Waals surface area (Å²) in [6.07, 6.45) is 2.69. The van der Waals surface area contributed by atoms with Gasteiger partial charge in [-0.1, -0.05) is 23.7 Å². The van der Waals surface area contributed by atoms with Gasteiger partial charge < -0.3 is 14.5 Å². The number of ether oxygens (including phenoxy) is 1. The van der Waals surface area contributed by atoms with Crippen molar-refractivity contribution in [3.8, 4) is 0 Å². The molecule has 1 aromatic carbocycles. The molecule has 1 unspecified atom stereocenters. The second-order valence-corrected chi connectivity index (χ2v) is 4.66. The molecule has 0 spiro atoms. The Kier molecular flexibility index (Phi) is 5.00. The molecule has 110 valence electrons. The van der Waals surface area contributed by atoms with Gasteiger partial charge in [0.05, 0.1) is 18.4 Å². The Balaban J connectivity index is 2.22. The van der Waals surface area contributed by atoms with E-state index in [0.717, 1.165) is 0 Å². The molecule has 0 aliphatic carbocycles. The predicted molar refractivity (Wildman–Crippen MR) is 77.0 cm³/mol. The van der Waals surface area contributed by atoms with Crippen molar-refractivity contribution in [2.24, 2.45) is 0 Å². The van der Waals surface area contributed by atoms with Gasteiger partial charge in [0.15, 0.2) is 6.04 Å². The summed E-state index contributed by atoms with van der Waals surface area (Å²) in [5.41, 5.74) is 0.924. The van der Waals surface area contributed by atoms with Gasteiger partial charge in [-0.15, -0.1) is 0 Å². The molecule has 0 aliphatic heterocycles. The van der Waals surface area contributed by atoms with Crippen LogP contribution in [0.25, 0.3) is 0 Å². The van der Waals surface area contributed by atoms with Crippen LogP contribution in [0.5, 0.6) is 0 Å². The fraction of sp³-hybridized carbons (Fsp3) is 0.200. The lowest BCUT2D eigenvalue weighted by Crippen LogP contribution is -2.34. The molecule has 1 atom stereocenters. The average molecular weight is 308 g/mol. The Bertz CT molecular complexity index is 607. The van der Waals surface area contributed by atoms with Crippen LogP contribution in [0.3, 0.4) is 0 Å². The number of carbonyl (C=O) groups excluding carboxylic acids is 2. The van der Waals surface area contributed by atoms with Crippen LogP contribution < -0.4 is 5.32 Å². The predicted octanol–water partition coefficient (Wildman–Crippen LogP) is 2.97. The standard InChI is InChI=1S/C15H14ClNO4/c1-2-21-15(19)13(10-3-5-12(16)6-4-10)17-14(18)11-7-8-20-9-11/h3-9,13H,2H2,1H3,(H,17,18). The number of halogens is 1. The number of rotatable bonds is 5. The molecule has 1 aromatic heterocycles. The molecule has 2 aromatic rings. The molecule has 21 heavy (non-hydrogen) atoms. The van der Waals surface area contributed by atoms with Crippen molar-refractivity contribution in [3.63, 3.8) is 0 Å². The van der Waals surface area contributed by atoms with E-state index >= 15 is 0 Å². The monoisotopic (exact) mass is 307 g/mol. The SMILES string of the molecule is CCOC(=O)C(NC(=O)c1ccoc1)c1ccc(Cl)cc1. The summed E-state index contributed by atoms with van der Waals surface area (Å²) in [6, 6.07) is 7.24. The Labute approximate surface area is 126 Å². The number of esters is 1. The van der Waals surface area contributed by atoms with E-state index in [4.69, 9.17) is 20.8 Å². The molecule has 5 nitrogen and oxygen atoms in total. The zero-order chi connectivity index (χ0) is 15.2. The summed E-state index contributed by atoms with van der Waals surface area (Å²) in [5, 5.41) is 3.17. The second-order valence-electron chi connectivity index (χ2n) is 4.22. The highest BCUT2D eigenvalue weighted by molar-refractivity contribution is 6.30. The largest absolute Gasteiger partial charge is 0.472 e. The smallest absolute Gasteiger partial charge is 0.333 e. The molecule has 0 saturated carbocycles. The Morgan fingerprint density at radius 3 is 2.57 bits per heavy atom. The number of nitrogens with one attached hydrogen (secondary N) is 1. The first kappa shape index (κ1) is 15.1. The number of hydrogen-bond donors (Lipinski definition) is 1. The summed E-state index contributed by atoms with van der Waals surface area (Å²) in [7, 11) is 0. The highest BCUT2D eigenvalue weighted by atomic mass is 35.5. The van der Waals surface area contributed by atoms with Gasteiger partial charge in [-0.25, -0.2) is 4.79 Å². The van der Waals surface area contributed by atoms with E-state index in [1.54, 1.807) is 31.2 Å². The third-order valence-electron chi connectivity index (χ3n) is 2.78. The van der Waals surface area contributed by atoms with Crippen LogP contribution in [-0.2, 0) is 9.53 Å². The van der Waals surface area contributed by atoms with E-state index < -0.39 is 17.9 Å². The van der Waals surface area contributed by atoms with E-state index in [9.17, 15) is 9.59 Å². The fourth-order valence-corrected chi connectivity index (χ4v) is 1.89. The molecule has 0 saturated heterocycles. The molecule has 0 fully saturated rings. The molecule has 0 bridgehead atoms. The maximum atomic E-state index is 12.1. The molecular formula is C15H14ClNO4. The van der Waals surface area contributed by atoms with Crippen LogP contribution in [-0.4, -0.2) is 18.5 Å². The highest BCUT2D eigenvalue weighted by Crippen LogP contribution is 2.18. The summed E-state index contributed by atoms with van der Waals surface area (Å²) in [5.74, 6) is -0.951.